The fraction of sp³-hybridized carbons (Fsp3) is 0.286. The van der Waals surface area contributed by atoms with Crippen LogP contribution in [0, 0.1) is 0 Å². The predicted molar refractivity (Wildman–Crippen MR) is 107 cm³/mol. The summed E-state index contributed by atoms with van der Waals surface area (Å²) in [6, 6.07) is 10.6. The van der Waals surface area contributed by atoms with Gasteiger partial charge in [0, 0.05) is 24.3 Å². The number of methoxy groups -OCH3 is 1. The molecule has 0 aliphatic rings. The van der Waals surface area contributed by atoms with Crippen LogP contribution in [0.4, 0.5) is 5.69 Å². The van der Waals surface area contributed by atoms with Crippen LogP contribution in [0.25, 0.3) is 0 Å². The number of phenolic OH excluding ortho intramolecular Hbond substituents is 1. The first kappa shape index (κ1) is 21.7. The fourth-order valence-electron chi connectivity index (χ4n) is 2.63. The van der Waals surface area contributed by atoms with Gasteiger partial charge in [-0.3, -0.25) is 9.59 Å². The molecule has 0 bridgehead atoms. The Balaban J connectivity index is 1.98. The zero-order valence-electron chi connectivity index (χ0n) is 16.6. The van der Waals surface area contributed by atoms with Crippen molar-refractivity contribution in [1.29, 1.82) is 0 Å². The topological polar surface area (TPSA) is 105 Å². The predicted octanol–water partition coefficient (Wildman–Crippen LogP) is 2.68. The highest BCUT2D eigenvalue weighted by Crippen LogP contribution is 2.23. The third-order valence-corrected chi connectivity index (χ3v) is 4.20. The highest BCUT2D eigenvalue weighted by atomic mass is 16.5. The zero-order chi connectivity index (χ0) is 21.4. The lowest BCUT2D eigenvalue weighted by atomic mass is 10.1. The van der Waals surface area contributed by atoms with Gasteiger partial charge in [0.15, 0.2) is 6.61 Å². The normalized spacial score (nSPS) is 10.2. The Kier molecular flexibility index (Phi) is 7.59. The summed E-state index contributed by atoms with van der Waals surface area (Å²) in [6.07, 6.45) is 0. The van der Waals surface area contributed by atoms with Gasteiger partial charge in [-0.15, -0.1) is 0 Å². The number of carbonyl (C=O) groups excluding carboxylic acids is 3. The van der Waals surface area contributed by atoms with Gasteiger partial charge in [-0.05, 0) is 50.2 Å². The molecule has 0 fully saturated rings. The Hall–Kier alpha value is -3.55. The van der Waals surface area contributed by atoms with Crippen LogP contribution >= 0.6 is 0 Å². The number of ether oxygens (including phenoxy) is 2. The third-order valence-electron chi connectivity index (χ3n) is 4.20. The maximum atomic E-state index is 12.4. The van der Waals surface area contributed by atoms with Crippen molar-refractivity contribution in [2.45, 2.75) is 13.8 Å². The minimum Gasteiger partial charge on any atom is -0.507 e. The van der Waals surface area contributed by atoms with Crippen LogP contribution in [-0.2, 0) is 9.53 Å². The van der Waals surface area contributed by atoms with Crippen molar-refractivity contribution in [1.82, 2.24) is 4.90 Å². The molecule has 2 N–H and O–H groups in total. The molecular formula is C21H24N2O6. The molecule has 8 heteroatoms. The van der Waals surface area contributed by atoms with E-state index in [-0.39, 0.29) is 17.2 Å². The van der Waals surface area contributed by atoms with Crippen LogP contribution in [0.5, 0.6) is 11.5 Å². The molecule has 0 saturated heterocycles. The molecule has 0 atom stereocenters. The number of nitrogens with one attached hydrogen (secondary N) is 1. The van der Waals surface area contributed by atoms with Gasteiger partial charge in [-0.2, -0.15) is 0 Å². The number of benzene rings is 2. The van der Waals surface area contributed by atoms with E-state index in [9.17, 15) is 19.5 Å². The first-order valence-electron chi connectivity index (χ1n) is 9.12. The van der Waals surface area contributed by atoms with Crippen LogP contribution in [0.1, 0.15) is 34.6 Å². The molecule has 0 unspecified atom stereocenters. The maximum absolute atomic E-state index is 12.4. The molecule has 0 radical (unpaired) electrons. The van der Waals surface area contributed by atoms with Gasteiger partial charge in [0.1, 0.15) is 17.1 Å². The molecule has 2 aromatic rings. The Morgan fingerprint density at radius 1 is 1.07 bits per heavy atom. The largest absolute Gasteiger partial charge is 0.507 e. The summed E-state index contributed by atoms with van der Waals surface area (Å²) in [5.41, 5.74) is 0.752. The molecule has 2 amide bonds. The second-order valence-electron chi connectivity index (χ2n) is 6.07. The number of carbonyl (C=O) groups is 3. The lowest BCUT2D eigenvalue weighted by molar-refractivity contribution is -0.119. The van der Waals surface area contributed by atoms with Crippen LogP contribution < -0.4 is 10.1 Å². The molecule has 154 valence electrons. The van der Waals surface area contributed by atoms with Crippen molar-refractivity contribution < 1.29 is 29.0 Å². The Labute approximate surface area is 169 Å². The number of hydrogen-bond acceptors (Lipinski definition) is 6. The van der Waals surface area contributed by atoms with E-state index in [0.29, 0.717) is 30.1 Å². The van der Waals surface area contributed by atoms with Gasteiger partial charge in [-0.1, -0.05) is 6.07 Å². The fourth-order valence-corrected chi connectivity index (χ4v) is 2.63. The van der Waals surface area contributed by atoms with Crippen LogP contribution in [-0.4, -0.2) is 54.6 Å². The summed E-state index contributed by atoms with van der Waals surface area (Å²) in [6.45, 7) is 4.39. The first-order valence-corrected chi connectivity index (χ1v) is 9.12. The molecule has 29 heavy (non-hydrogen) atoms. The third kappa shape index (κ3) is 5.71. The van der Waals surface area contributed by atoms with E-state index in [1.165, 1.54) is 25.3 Å². The molecule has 2 aromatic carbocycles. The van der Waals surface area contributed by atoms with E-state index in [4.69, 9.17) is 9.47 Å². The van der Waals surface area contributed by atoms with E-state index in [0.717, 1.165) is 0 Å². The smallest absolute Gasteiger partial charge is 0.342 e. The molecule has 8 nitrogen and oxygen atoms in total. The number of aromatic hydroxyl groups is 1. The summed E-state index contributed by atoms with van der Waals surface area (Å²) < 4.78 is 9.95. The number of nitrogens with zero attached hydrogens (tertiary/aromatic N) is 1. The minimum absolute atomic E-state index is 0.107. The molecule has 2 rings (SSSR count). The Morgan fingerprint density at radius 3 is 2.45 bits per heavy atom. The number of phenols is 1. The Bertz CT molecular complexity index is 892. The van der Waals surface area contributed by atoms with Crippen molar-refractivity contribution in [3.63, 3.8) is 0 Å². The van der Waals surface area contributed by atoms with Gasteiger partial charge in [0.2, 0.25) is 0 Å². The van der Waals surface area contributed by atoms with Crippen LogP contribution in [0.3, 0.4) is 0 Å². The van der Waals surface area contributed by atoms with E-state index >= 15 is 0 Å². The number of amides is 2. The summed E-state index contributed by atoms with van der Waals surface area (Å²) in [7, 11) is 1.42. The second kappa shape index (κ2) is 10.1. The van der Waals surface area contributed by atoms with E-state index in [1.54, 1.807) is 29.2 Å². The van der Waals surface area contributed by atoms with Crippen molar-refractivity contribution in [2.24, 2.45) is 0 Å². The second-order valence-corrected chi connectivity index (χ2v) is 6.07. The standard InChI is InChI=1S/C21H24N2O6/c1-4-23(5-2)20(26)14-7-6-8-15(11-14)22-19(25)13-29-21(27)17-12-16(28-3)9-10-18(17)24/h6-12,24H,4-5,13H2,1-3H3,(H,22,25). The lowest BCUT2D eigenvalue weighted by Gasteiger charge is -2.19. The van der Waals surface area contributed by atoms with Gasteiger partial charge in [0.05, 0.1) is 7.11 Å². The average Bonchev–Trinajstić information content (AvgIpc) is 2.73. The maximum Gasteiger partial charge on any atom is 0.342 e. The molecule has 0 aromatic heterocycles. The van der Waals surface area contributed by atoms with Gasteiger partial charge >= 0.3 is 5.97 Å². The molecule has 0 heterocycles. The minimum atomic E-state index is -0.859. The summed E-state index contributed by atoms with van der Waals surface area (Å²) in [4.78, 5) is 38.3. The number of hydrogen-bond donors (Lipinski definition) is 2. The zero-order valence-corrected chi connectivity index (χ0v) is 16.6. The Morgan fingerprint density at radius 2 is 1.79 bits per heavy atom. The molecule has 0 spiro atoms. The highest BCUT2D eigenvalue weighted by Gasteiger charge is 2.17. The quantitative estimate of drug-likeness (QED) is 0.660. The summed E-state index contributed by atoms with van der Waals surface area (Å²) in [5.74, 6) is -1.48. The number of anilines is 1. The lowest BCUT2D eigenvalue weighted by Crippen LogP contribution is -2.30. The summed E-state index contributed by atoms with van der Waals surface area (Å²) in [5, 5.41) is 12.4. The monoisotopic (exact) mass is 400 g/mol. The average molecular weight is 400 g/mol. The molecule has 0 saturated carbocycles. The van der Waals surface area contributed by atoms with Gasteiger partial charge in [0.25, 0.3) is 11.8 Å². The van der Waals surface area contributed by atoms with E-state index in [1.807, 2.05) is 13.8 Å². The summed E-state index contributed by atoms with van der Waals surface area (Å²) >= 11 is 0. The highest BCUT2D eigenvalue weighted by molar-refractivity contribution is 5.99. The first-order chi connectivity index (χ1) is 13.9. The van der Waals surface area contributed by atoms with E-state index in [2.05, 4.69) is 5.32 Å². The van der Waals surface area contributed by atoms with Crippen molar-refractivity contribution >= 4 is 23.5 Å². The number of esters is 1. The van der Waals surface area contributed by atoms with Gasteiger partial charge in [-0.25, -0.2) is 4.79 Å². The van der Waals surface area contributed by atoms with E-state index < -0.39 is 18.5 Å². The molecule has 0 aliphatic carbocycles. The van der Waals surface area contributed by atoms with Crippen molar-refractivity contribution in [3.8, 4) is 11.5 Å². The van der Waals surface area contributed by atoms with Crippen molar-refractivity contribution in [2.75, 3.05) is 32.1 Å². The van der Waals surface area contributed by atoms with Crippen LogP contribution in [0.2, 0.25) is 0 Å². The van der Waals surface area contributed by atoms with Gasteiger partial charge < -0.3 is 24.8 Å². The van der Waals surface area contributed by atoms with Crippen molar-refractivity contribution in [3.05, 3.63) is 53.6 Å². The molecular weight excluding hydrogens is 376 g/mol. The van der Waals surface area contributed by atoms with Crippen LogP contribution in [0.15, 0.2) is 42.5 Å². The SMILES string of the molecule is CCN(CC)C(=O)c1cccc(NC(=O)COC(=O)c2cc(OC)ccc2O)c1. The molecule has 0 aliphatic heterocycles. The number of rotatable bonds is 8.